The maximum absolute atomic E-state index is 9.89. The van der Waals surface area contributed by atoms with Gasteiger partial charge in [-0.1, -0.05) is 59.6 Å². The molecule has 0 saturated heterocycles. The summed E-state index contributed by atoms with van der Waals surface area (Å²) in [5.74, 6) is 0.611. The number of fused-ring (bicyclic) bond motifs is 1. The zero-order chi connectivity index (χ0) is 23.7. The molecule has 3 aromatic carbocycles. The molecule has 0 unspecified atom stereocenters. The van der Waals surface area contributed by atoms with Crippen molar-refractivity contribution in [2.75, 3.05) is 0 Å². The number of ether oxygens (including phenoxy) is 2. The zero-order valence-corrected chi connectivity index (χ0v) is 19.3. The van der Waals surface area contributed by atoms with E-state index in [9.17, 15) is 5.26 Å². The summed E-state index contributed by atoms with van der Waals surface area (Å²) >= 11 is 12.1. The highest BCUT2D eigenvalue weighted by molar-refractivity contribution is 6.30. The van der Waals surface area contributed by atoms with Crippen LogP contribution < -0.4 is 15.2 Å². The van der Waals surface area contributed by atoms with Gasteiger partial charge in [0.25, 0.3) is 0 Å². The fourth-order valence-electron chi connectivity index (χ4n) is 3.96. The third-order valence-corrected chi connectivity index (χ3v) is 6.07. The monoisotopic (exact) mass is 488 g/mol. The Morgan fingerprint density at radius 3 is 2.50 bits per heavy atom. The number of benzene rings is 3. The van der Waals surface area contributed by atoms with E-state index in [4.69, 9.17) is 38.4 Å². The minimum atomic E-state index is -0.458. The normalized spacial score (nSPS) is 14.8. The Hall–Kier alpha value is -3.92. The molecule has 1 aliphatic rings. The van der Waals surface area contributed by atoms with E-state index in [1.165, 1.54) is 0 Å². The highest BCUT2D eigenvalue weighted by Crippen LogP contribution is 2.45. The molecule has 1 aromatic heterocycles. The second-order valence-corrected chi connectivity index (χ2v) is 8.61. The van der Waals surface area contributed by atoms with Gasteiger partial charge in [-0.15, -0.1) is 5.10 Å². The van der Waals surface area contributed by atoms with Crippen molar-refractivity contribution in [3.05, 3.63) is 111 Å². The van der Waals surface area contributed by atoms with Gasteiger partial charge in [0.1, 0.15) is 24.0 Å². The van der Waals surface area contributed by atoms with Crippen LogP contribution >= 0.6 is 23.2 Å². The minimum Gasteiger partial charge on any atom is -0.489 e. The third-order valence-electron chi connectivity index (χ3n) is 5.58. The van der Waals surface area contributed by atoms with Crippen LogP contribution in [0.1, 0.15) is 22.6 Å². The number of nitrogens with two attached hydrogens (primary N) is 1. The number of hydrogen-bond acceptors (Lipinski definition) is 5. The lowest BCUT2D eigenvalue weighted by molar-refractivity contribution is 0.306. The van der Waals surface area contributed by atoms with Crippen molar-refractivity contribution < 1.29 is 9.47 Å². The zero-order valence-electron chi connectivity index (χ0n) is 17.8. The number of aromatic amines is 1. The predicted molar refractivity (Wildman–Crippen MR) is 131 cm³/mol. The molecule has 5 rings (SSSR count). The number of halogens is 2. The van der Waals surface area contributed by atoms with Crippen molar-refractivity contribution in [1.29, 1.82) is 5.26 Å². The first-order chi connectivity index (χ1) is 16.5. The minimum absolute atomic E-state index is 0.0374. The Balaban J connectivity index is 1.48. The molecule has 0 saturated carbocycles. The molecule has 1 aliphatic heterocycles. The van der Waals surface area contributed by atoms with E-state index in [-0.39, 0.29) is 5.88 Å². The van der Waals surface area contributed by atoms with Gasteiger partial charge in [-0.05, 0) is 47.5 Å². The average molecular weight is 489 g/mol. The first-order valence-electron chi connectivity index (χ1n) is 10.4. The number of aromatic nitrogens is 2. The number of H-pyrrole nitrogens is 1. The lowest BCUT2D eigenvalue weighted by Gasteiger charge is -2.24. The van der Waals surface area contributed by atoms with E-state index < -0.39 is 5.92 Å². The molecule has 2 heterocycles. The summed E-state index contributed by atoms with van der Waals surface area (Å²) in [5, 5.41) is 18.5. The Bertz CT molecular complexity index is 1420. The molecule has 6 nitrogen and oxygen atoms in total. The van der Waals surface area contributed by atoms with Gasteiger partial charge in [-0.25, -0.2) is 0 Å². The average Bonchev–Trinajstić information content (AvgIpc) is 3.26. The Labute approximate surface area is 206 Å². The number of hydrogen-bond donors (Lipinski definition) is 2. The van der Waals surface area contributed by atoms with Gasteiger partial charge in [0, 0.05) is 15.6 Å². The molecular weight excluding hydrogens is 471 g/mol. The number of nitrogens with one attached hydrogen (secondary N) is 1. The molecule has 34 heavy (non-hydrogen) atoms. The van der Waals surface area contributed by atoms with E-state index in [2.05, 4.69) is 16.3 Å². The highest BCUT2D eigenvalue weighted by atomic mass is 35.5. The molecule has 1 atom stereocenters. The molecule has 0 spiro atoms. The fraction of sp³-hybridized carbons (Fsp3) is 0.0769. The molecule has 0 aliphatic carbocycles. The summed E-state index contributed by atoms with van der Waals surface area (Å²) in [5.41, 5.74) is 10.6. The number of nitrogens with zero attached hydrogens (tertiary/aromatic N) is 2. The predicted octanol–water partition coefficient (Wildman–Crippen LogP) is 6.18. The van der Waals surface area contributed by atoms with Gasteiger partial charge in [-0.3, -0.25) is 5.10 Å². The molecule has 0 fully saturated rings. The molecule has 4 aromatic rings. The van der Waals surface area contributed by atoms with E-state index in [0.29, 0.717) is 33.9 Å². The van der Waals surface area contributed by atoms with Crippen LogP contribution in [0.25, 0.3) is 11.3 Å². The quantitative estimate of drug-likeness (QED) is 0.349. The van der Waals surface area contributed by atoms with E-state index in [1.807, 2.05) is 60.7 Å². The van der Waals surface area contributed by atoms with Crippen LogP contribution in [0.15, 0.2) is 84.3 Å². The van der Waals surface area contributed by atoms with Gasteiger partial charge in [-0.2, -0.15) is 5.26 Å². The van der Waals surface area contributed by atoms with Crippen LogP contribution in [-0.2, 0) is 6.61 Å². The molecule has 3 N–H and O–H groups in total. The SMILES string of the molecule is N#CC1=C(N)Oc2n[nH]c(-c3ccc(Cl)cc3)c2[C@H]1c1ccc(OCc2cccc(Cl)c2)cc1. The maximum Gasteiger partial charge on any atom is 0.244 e. The highest BCUT2D eigenvalue weighted by Gasteiger charge is 2.35. The molecule has 8 heteroatoms. The maximum atomic E-state index is 9.89. The summed E-state index contributed by atoms with van der Waals surface area (Å²) in [6.07, 6.45) is 0. The van der Waals surface area contributed by atoms with Gasteiger partial charge in [0.2, 0.25) is 11.8 Å². The van der Waals surface area contributed by atoms with E-state index in [0.717, 1.165) is 27.9 Å². The van der Waals surface area contributed by atoms with Crippen molar-refractivity contribution in [1.82, 2.24) is 10.2 Å². The molecule has 0 radical (unpaired) electrons. The molecule has 0 amide bonds. The summed E-state index contributed by atoms with van der Waals surface area (Å²) in [7, 11) is 0. The Morgan fingerprint density at radius 1 is 1.03 bits per heavy atom. The van der Waals surface area contributed by atoms with Gasteiger partial charge in [0.05, 0.1) is 17.2 Å². The molecule has 168 valence electrons. The standard InChI is InChI=1S/C26H18Cl2N4O2/c27-18-8-4-17(5-9-18)24-23-22(21(13-29)25(30)34-26(23)32-31-24)16-6-10-20(11-7-16)33-14-15-2-1-3-19(28)12-15/h1-12,22H,14,30H2,(H,31,32)/t22-/m0/s1. The van der Waals surface area contributed by atoms with Crippen molar-refractivity contribution in [3.8, 4) is 29.0 Å². The summed E-state index contributed by atoms with van der Waals surface area (Å²) < 4.78 is 11.6. The lowest BCUT2D eigenvalue weighted by Crippen LogP contribution is -2.21. The Morgan fingerprint density at radius 2 is 1.79 bits per heavy atom. The summed E-state index contributed by atoms with van der Waals surface area (Å²) in [6.45, 7) is 0.389. The fourth-order valence-corrected chi connectivity index (χ4v) is 4.30. The lowest BCUT2D eigenvalue weighted by atomic mass is 9.83. The van der Waals surface area contributed by atoms with Gasteiger partial charge < -0.3 is 15.2 Å². The van der Waals surface area contributed by atoms with Crippen molar-refractivity contribution in [2.45, 2.75) is 12.5 Å². The van der Waals surface area contributed by atoms with E-state index >= 15 is 0 Å². The Kier molecular flexibility index (Phi) is 5.89. The van der Waals surface area contributed by atoms with Crippen molar-refractivity contribution in [3.63, 3.8) is 0 Å². The van der Waals surface area contributed by atoms with Crippen molar-refractivity contribution >= 4 is 23.2 Å². The van der Waals surface area contributed by atoms with Crippen LogP contribution in [0.2, 0.25) is 10.0 Å². The first-order valence-corrected chi connectivity index (χ1v) is 11.2. The van der Waals surface area contributed by atoms with Crippen LogP contribution in [-0.4, -0.2) is 10.2 Å². The second kappa shape index (κ2) is 9.14. The van der Waals surface area contributed by atoms with E-state index in [1.54, 1.807) is 12.1 Å². The third kappa shape index (κ3) is 4.19. The van der Waals surface area contributed by atoms with Crippen LogP contribution in [0, 0.1) is 11.3 Å². The largest absolute Gasteiger partial charge is 0.489 e. The summed E-state index contributed by atoms with van der Waals surface area (Å²) in [6, 6.07) is 24.6. The number of allylic oxidation sites excluding steroid dienone is 1. The molecular formula is C26H18Cl2N4O2. The first kappa shape index (κ1) is 21.9. The topological polar surface area (TPSA) is 97.0 Å². The van der Waals surface area contributed by atoms with Crippen LogP contribution in [0.3, 0.4) is 0 Å². The van der Waals surface area contributed by atoms with Crippen LogP contribution in [0.5, 0.6) is 11.6 Å². The number of nitriles is 1. The van der Waals surface area contributed by atoms with Crippen molar-refractivity contribution in [2.24, 2.45) is 5.73 Å². The summed E-state index contributed by atoms with van der Waals surface area (Å²) in [4.78, 5) is 0. The second-order valence-electron chi connectivity index (χ2n) is 7.74. The van der Waals surface area contributed by atoms with Gasteiger partial charge in [0.15, 0.2) is 0 Å². The van der Waals surface area contributed by atoms with Crippen LogP contribution in [0.4, 0.5) is 0 Å². The number of rotatable bonds is 5. The smallest absolute Gasteiger partial charge is 0.244 e. The molecule has 0 bridgehead atoms. The van der Waals surface area contributed by atoms with Gasteiger partial charge >= 0.3 is 0 Å².